The van der Waals surface area contributed by atoms with Crippen LogP contribution in [0.4, 0.5) is 13.2 Å². The largest absolute Gasteiger partial charge is 0.434 e. The lowest BCUT2D eigenvalue weighted by atomic mass is 10.2. The number of nitrogens with one attached hydrogen (secondary N) is 1. The first-order valence-corrected chi connectivity index (χ1v) is 8.50. The minimum atomic E-state index is -4.70. The third-order valence-corrected chi connectivity index (χ3v) is 4.17. The maximum Gasteiger partial charge on any atom is 0.434 e. The first kappa shape index (κ1) is 20.0. The summed E-state index contributed by atoms with van der Waals surface area (Å²) in [5, 5.41) is 6.36. The second kappa shape index (κ2) is 8.35. The number of hydrogen-bond acceptors (Lipinski definition) is 3. The van der Waals surface area contributed by atoms with Gasteiger partial charge in [-0.05, 0) is 32.1 Å². The van der Waals surface area contributed by atoms with Gasteiger partial charge in [-0.3, -0.25) is 4.79 Å². The highest BCUT2D eigenvalue weighted by Crippen LogP contribution is 2.33. The molecule has 0 bridgehead atoms. The highest BCUT2D eigenvalue weighted by Gasteiger charge is 2.40. The molecular weight excluding hydrogens is 345 g/mol. The molecule has 0 aliphatic heterocycles. The maximum absolute atomic E-state index is 13.6. The van der Waals surface area contributed by atoms with Crippen LogP contribution in [0.1, 0.15) is 35.5 Å². The summed E-state index contributed by atoms with van der Waals surface area (Å²) < 4.78 is 41.5. The van der Waals surface area contributed by atoms with Crippen molar-refractivity contribution in [3.63, 3.8) is 0 Å². The lowest BCUT2D eigenvalue weighted by Gasteiger charge is -2.18. The van der Waals surface area contributed by atoms with E-state index in [9.17, 15) is 18.0 Å². The van der Waals surface area contributed by atoms with Gasteiger partial charge in [-0.1, -0.05) is 31.5 Å². The van der Waals surface area contributed by atoms with Gasteiger partial charge in [0.1, 0.15) is 0 Å². The van der Waals surface area contributed by atoms with E-state index in [0.29, 0.717) is 6.54 Å². The summed E-state index contributed by atoms with van der Waals surface area (Å²) >= 11 is 0. The second-order valence-corrected chi connectivity index (χ2v) is 5.93. The first-order chi connectivity index (χ1) is 12.3. The number of carbonyl (C=O) groups excluding carboxylic acids is 1. The van der Waals surface area contributed by atoms with Crippen LogP contribution in [0.2, 0.25) is 0 Å². The molecule has 0 fully saturated rings. The van der Waals surface area contributed by atoms with Crippen molar-refractivity contribution in [3.05, 3.63) is 47.3 Å². The van der Waals surface area contributed by atoms with Crippen LogP contribution in [0.5, 0.6) is 0 Å². The average molecular weight is 368 g/mol. The standard InChI is InChI=1S/C18H23F3N4O/c1-4-24(5-2)11-10-22-17(26)15-12-23-25(16(15)18(19,20)21)14-8-6-13(3)7-9-14/h6-9,12H,4-5,10-11H2,1-3H3,(H,22,26). The average Bonchev–Trinajstić information content (AvgIpc) is 3.05. The molecule has 26 heavy (non-hydrogen) atoms. The highest BCUT2D eigenvalue weighted by molar-refractivity contribution is 5.95. The van der Waals surface area contributed by atoms with Gasteiger partial charge in [0, 0.05) is 13.1 Å². The van der Waals surface area contributed by atoms with Crippen LogP contribution in [0.3, 0.4) is 0 Å². The van der Waals surface area contributed by atoms with Crippen molar-refractivity contribution in [3.8, 4) is 5.69 Å². The number of rotatable bonds is 7. The molecule has 142 valence electrons. The molecule has 1 amide bonds. The Bertz CT molecular complexity index is 734. The Hall–Kier alpha value is -2.35. The molecule has 1 aromatic carbocycles. The van der Waals surface area contributed by atoms with E-state index >= 15 is 0 Å². The Morgan fingerprint density at radius 3 is 2.35 bits per heavy atom. The second-order valence-electron chi connectivity index (χ2n) is 5.93. The molecule has 0 saturated heterocycles. The van der Waals surface area contributed by atoms with Crippen LogP contribution in [-0.2, 0) is 6.18 Å². The minimum Gasteiger partial charge on any atom is -0.351 e. The van der Waals surface area contributed by atoms with Crippen LogP contribution in [0, 0.1) is 6.92 Å². The van der Waals surface area contributed by atoms with E-state index in [1.807, 2.05) is 20.8 Å². The molecule has 8 heteroatoms. The smallest absolute Gasteiger partial charge is 0.351 e. The molecule has 0 saturated carbocycles. The summed E-state index contributed by atoms with van der Waals surface area (Å²) in [7, 11) is 0. The third kappa shape index (κ3) is 4.63. The van der Waals surface area contributed by atoms with Crippen LogP contribution in [-0.4, -0.2) is 46.8 Å². The number of aromatic nitrogens is 2. The number of carbonyl (C=O) groups is 1. The number of halogens is 3. The van der Waals surface area contributed by atoms with E-state index in [1.54, 1.807) is 24.3 Å². The molecule has 1 aromatic heterocycles. The van der Waals surface area contributed by atoms with E-state index in [0.717, 1.165) is 29.5 Å². The fourth-order valence-corrected chi connectivity index (χ4v) is 2.63. The molecule has 0 aliphatic rings. The van der Waals surface area contributed by atoms with Crippen molar-refractivity contribution in [2.45, 2.75) is 26.9 Å². The van der Waals surface area contributed by atoms with Gasteiger partial charge in [-0.2, -0.15) is 18.3 Å². The Balaban J connectivity index is 2.26. The number of amides is 1. The molecular formula is C18H23F3N4O. The zero-order valence-corrected chi connectivity index (χ0v) is 15.1. The Labute approximate surface area is 150 Å². The number of hydrogen-bond donors (Lipinski definition) is 1. The predicted octanol–water partition coefficient (Wildman–Crippen LogP) is 3.27. The van der Waals surface area contributed by atoms with E-state index in [2.05, 4.69) is 15.3 Å². The van der Waals surface area contributed by atoms with E-state index in [1.165, 1.54) is 0 Å². The van der Waals surface area contributed by atoms with Crippen LogP contribution < -0.4 is 5.32 Å². The summed E-state index contributed by atoms with van der Waals surface area (Å²) in [6.07, 6.45) is -3.73. The van der Waals surface area contributed by atoms with Crippen molar-refractivity contribution in [1.82, 2.24) is 20.0 Å². The van der Waals surface area contributed by atoms with Gasteiger partial charge in [0.15, 0.2) is 5.69 Å². The summed E-state index contributed by atoms with van der Waals surface area (Å²) in [4.78, 5) is 14.4. The summed E-state index contributed by atoms with van der Waals surface area (Å²) in [6.45, 7) is 8.28. The maximum atomic E-state index is 13.6. The van der Waals surface area contributed by atoms with Crippen LogP contribution in [0.25, 0.3) is 5.69 Å². The zero-order chi connectivity index (χ0) is 19.3. The van der Waals surface area contributed by atoms with Crippen molar-refractivity contribution < 1.29 is 18.0 Å². The number of aryl methyl sites for hydroxylation is 1. The Morgan fingerprint density at radius 1 is 1.19 bits per heavy atom. The van der Waals surface area contributed by atoms with E-state index in [-0.39, 0.29) is 12.2 Å². The van der Waals surface area contributed by atoms with Gasteiger partial charge in [0.05, 0.1) is 17.4 Å². The molecule has 0 aliphatic carbocycles. The molecule has 1 heterocycles. The molecule has 0 radical (unpaired) electrons. The van der Waals surface area contributed by atoms with Crippen molar-refractivity contribution in [2.75, 3.05) is 26.2 Å². The van der Waals surface area contributed by atoms with Crippen molar-refractivity contribution in [2.24, 2.45) is 0 Å². The summed E-state index contributed by atoms with van der Waals surface area (Å²) in [6, 6.07) is 6.47. The number of nitrogens with zero attached hydrogens (tertiary/aromatic N) is 3. The Morgan fingerprint density at radius 2 is 1.81 bits per heavy atom. The van der Waals surface area contributed by atoms with Crippen LogP contribution in [0.15, 0.2) is 30.5 Å². The number of benzene rings is 1. The normalized spacial score (nSPS) is 11.8. The molecule has 5 nitrogen and oxygen atoms in total. The number of alkyl halides is 3. The van der Waals surface area contributed by atoms with Gasteiger partial charge in [0.25, 0.3) is 5.91 Å². The molecule has 1 N–H and O–H groups in total. The van der Waals surface area contributed by atoms with Crippen LogP contribution >= 0.6 is 0 Å². The lowest BCUT2D eigenvalue weighted by Crippen LogP contribution is -2.35. The fraction of sp³-hybridized carbons (Fsp3) is 0.444. The highest BCUT2D eigenvalue weighted by atomic mass is 19.4. The van der Waals surface area contributed by atoms with Gasteiger partial charge in [-0.15, -0.1) is 0 Å². The number of likely N-dealkylation sites (N-methyl/N-ethyl adjacent to an activating group) is 1. The van der Waals surface area contributed by atoms with E-state index < -0.39 is 23.3 Å². The third-order valence-electron chi connectivity index (χ3n) is 4.17. The van der Waals surface area contributed by atoms with Gasteiger partial charge in [-0.25, -0.2) is 4.68 Å². The molecule has 2 rings (SSSR count). The van der Waals surface area contributed by atoms with Crippen molar-refractivity contribution in [1.29, 1.82) is 0 Å². The quantitative estimate of drug-likeness (QED) is 0.816. The van der Waals surface area contributed by atoms with Gasteiger partial charge in [0.2, 0.25) is 0 Å². The summed E-state index contributed by atoms with van der Waals surface area (Å²) in [5.74, 6) is -0.775. The van der Waals surface area contributed by atoms with Gasteiger partial charge >= 0.3 is 6.18 Å². The first-order valence-electron chi connectivity index (χ1n) is 8.50. The molecule has 0 atom stereocenters. The zero-order valence-electron chi connectivity index (χ0n) is 15.1. The van der Waals surface area contributed by atoms with E-state index in [4.69, 9.17) is 0 Å². The summed E-state index contributed by atoms with van der Waals surface area (Å²) in [5.41, 5.74) is -0.367. The van der Waals surface area contributed by atoms with Gasteiger partial charge < -0.3 is 10.2 Å². The SMILES string of the molecule is CCN(CC)CCNC(=O)c1cnn(-c2ccc(C)cc2)c1C(F)(F)F. The monoisotopic (exact) mass is 368 g/mol. The topological polar surface area (TPSA) is 50.2 Å². The minimum absolute atomic E-state index is 0.255. The fourth-order valence-electron chi connectivity index (χ4n) is 2.63. The lowest BCUT2D eigenvalue weighted by molar-refractivity contribution is -0.143. The predicted molar refractivity (Wildman–Crippen MR) is 93.4 cm³/mol. The molecule has 2 aromatic rings. The molecule has 0 spiro atoms. The van der Waals surface area contributed by atoms with Crippen molar-refractivity contribution >= 4 is 5.91 Å². The molecule has 0 unspecified atom stereocenters. The Kier molecular flexibility index (Phi) is 6.42.